The van der Waals surface area contributed by atoms with E-state index < -0.39 is 0 Å². The van der Waals surface area contributed by atoms with Gasteiger partial charge in [0.05, 0.1) is 24.6 Å². The monoisotopic (exact) mass is 324 g/mol. The average Bonchev–Trinajstić information content (AvgIpc) is 2.61. The SMILES string of the molecule is Cc1ccc(N2CCOCC2)c(NCc2ccc(C(C)C)cc2)c1. The van der Waals surface area contributed by atoms with Crippen LogP contribution in [0.3, 0.4) is 0 Å². The molecule has 0 radical (unpaired) electrons. The summed E-state index contributed by atoms with van der Waals surface area (Å²) in [5.74, 6) is 0.580. The van der Waals surface area contributed by atoms with Gasteiger partial charge in [-0.15, -0.1) is 0 Å². The summed E-state index contributed by atoms with van der Waals surface area (Å²) in [5.41, 5.74) is 6.48. The second kappa shape index (κ2) is 7.71. The molecule has 3 nitrogen and oxygen atoms in total. The van der Waals surface area contributed by atoms with Gasteiger partial charge >= 0.3 is 0 Å². The van der Waals surface area contributed by atoms with E-state index in [2.05, 4.69) is 73.5 Å². The Kier molecular flexibility index (Phi) is 5.41. The molecule has 1 N–H and O–H groups in total. The third kappa shape index (κ3) is 4.09. The van der Waals surface area contributed by atoms with Crippen molar-refractivity contribution in [2.75, 3.05) is 36.5 Å². The summed E-state index contributed by atoms with van der Waals surface area (Å²) in [6, 6.07) is 15.6. The Morgan fingerprint density at radius 2 is 1.75 bits per heavy atom. The van der Waals surface area contributed by atoms with Crippen molar-refractivity contribution in [3.8, 4) is 0 Å². The van der Waals surface area contributed by atoms with Crippen LogP contribution in [0.2, 0.25) is 0 Å². The van der Waals surface area contributed by atoms with Gasteiger partial charge in [-0.25, -0.2) is 0 Å². The predicted octanol–water partition coefficient (Wildman–Crippen LogP) is 4.57. The second-order valence-electron chi connectivity index (χ2n) is 6.87. The van der Waals surface area contributed by atoms with E-state index in [-0.39, 0.29) is 0 Å². The Morgan fingerprint density at radius 3 is 2.42 bits per heavy atom. The number of aryl methyl sites for hydroxylation is 1. The molecule has 128 valence electrons. The third-order valence-corrected chi connectivity index (χ3v) is 4.63. The predicted molar refractivity (Wildman–Crippen MR) is 102 cm³/mol. The Bertz CT molecular complexity index is 658. The summed E-state index contributed by atoms with van der Waals surface area (Å²) in [6.07, 6.45) is 0. The van der Waals surface area contributed by atoms with E-state index >= 15 is 0 Å². The van der Waals surface area contributed by atoms with Crippen LogP contribution in [0.25, 0.3) is 0 Å². The van der Waals surface area contributed by atoms with Crippen molar-refractivity contribution in [2.24, 2.45) is 0 Å². The molecular formula is C21H28N2O. The molecular weight excluding hydrogens is 296 g/mol. The Labute approximate surface area is 145 Å². The van der Waals surface area contributed by atoms with Crippen molar-refractivity contribution in [1.82, 2.24) is 0 Å². The first-order chi connectivity index (χ1) is 11.6. The maximum absolute atomic E-state index is 5.48. The molecule has 1 heterocycles. The molecule has 3 heteroatoms. The van der Waals surface area contributed by atoms with Gasteiger partial charge in [-0.1, -0.05) is 44.2 Å². The smallest absolute Gasteiger partial charge is 0.0642 e. The Hall–Kier alpha value is -2.00. The van der Waals surface area contributed by atoms with E-state index in [9.17, 15) is 0 Å². The van der Waals surface area contributed by atoms with Gasteiger partial charge < -0.3 is 15.0 Å². The number of ether oxygens (including phenoxy) is 1. The highest BCUT2D eigenvalue weighted by molar-refractivity contribution is 5.71. The van der Waals surface area contributed by atoms with Crippen LogP contribution in [-0.4, -0.2) is 26.3 Å². The van der Waals surface area contributed by atoms with Gasteiger partial charge in [-0.05, 0) is 41.7 Å². The number of nitrogens with one attached hydrogen (secondary N) is 1. The Morgan fingerprint density at radius 1 is 1.04 bits per heavy atom. The molecule has 1 aliphatic heterocycles. The molecule has 1 aliphatic rings. The minimum Gasteiger partial charge on any atom is -0.379 e. The van der Waals surface area contributed by atoms with E-state index in [1.165, 1.54) is 28.1 Å². The molecule has 24 heavy (non-hydrogen) atoms. The summed E-state index contributed by atoms with van der Waals surface area (Å²) >= 11 is 0. The standard InChI is InChI=1S/C21H28N2O/c1-16(2)19-7-5-18(6-8-19)15-22-20-14-17(3)4-9-21(20)23-10-12-24-13-11-23/h4-9,14,16,22H,10-13,15H2,1-3H3. The molecule has 2 aromatic rings. The number of rotatable bonds is 5. The fraction of sp³-hybridized carbons (Fsp3) is 0.429. The van der Waals surface area contributed by atoms with Gasteiger partial charge in [-0.3, -0.25) is 0 Å². The highest BCUT2D eigenvalue weighted by Crippen LogP contribution is 2.28. The zero-order valence-electron chi connectivity index (χ0n) is 15.0. The highest BCUT2D eigenvalue weighted by atomic mass is 16.5. The lowest BCUT2D eigenvalue weighted by molar-refractivity contribution is 0.123. The second-order valence-corrected chi connectivity index (χ2v) is 6.87. The summed E-state index contributed by atoms with van der Waals surface area (Å²) in [7, 11) is 0. The van der Waals surface area contributed by atoms with Gasteiger partial charge in [0, 0.05) is 19.6 Å². The van der Waals surface area contributed by atoms with Crippen LogP contribution < -0.4 is 10.2 Å². The minimum atomic E-state index is 0.580. The average molecular weight is 324 g/mol. The maximum Gasteiger partial charge on any atom is 0.0642 e. The molecule has 3 rings (SSSR count). The van der Waals surface area contributed by atoms with Crippen LogP contribution in [-0.2, 0) is 11.3 Å². The maximum atomic E-state index is 5.48. The van der Waals surface area contributed by atoms with Gasteiger partial charge in [0.15, 0.2) is 0 Å². The van der Waals surface area contributed by atoms with E-state index in [1.54, 1.807) is 0 Å². The van der Waals surface area contributed by atoms with Crippen LogP contribution in [0.15, 0.2) is 42.5 Å². The lowest BCUT2D eigenvalue weighted by Gasteiger charge is -2.31. The number of hydrogen-bond donors (Lipinski definition) is 1. The van der Waals surface area contributed by atoms with Crippen LogP contribution in [0.1, 0.15) is 36.5 Å². The number of anilines is 2. The van der Waals surface area contributed by atoms with Crippen molar-refractivity contribution >= 4 is 11.4 Å². The van der Waals surface area contributed by atoms with Crippen molar-refractivity contribution in [1.29, 1.82) is 0 Å². The molecule has 0 aliphatic carbocycles. The molecule has 2 aromatic carbocycles. The normalized spacial score (nSPS) is 14.9. The van der Waals surface area contributed by atoms with Gasteiger partial charge in [0.1, 0.15) is 0 Å². The summed E-state index contributed by atoms with van der Waals surface area (Å²) < 4.78 is 5.48. The number of hydrogen-bond acceptors (Lipinski definition) is 3. The molecule has 1 saturated heterocycles. The van der Waals surface area contributed by atoms with Crippen LogP contribution in [0, 0.1) is 6.92 Å². The van der Waals surface area contributed by atoms with Crippen molar-refractivity contribution in [2.45, 2.75) is 33.2 Å². The lowest BCUT2D eigenvalue weighted by Crippen LogP contribution is -2.36. The van der Waals surface area contributed by atoms with Gasteiger partial charge in [0.2, 0.25) is 0 Å². The fourth-order valence-electron chi connectivity index (χ4n) is 3.09. The molecule has 0 bridgehead atoms. The first-order valence-electron chi connectivity index (χ1n) is 8.89. The highest BCUT2D eigenvalue weighted by Gasteiger charge is 2.14. The van der Waals surface area contributed by atoms with Crippen molar-refractivity contribution in [3.05, 3.63) is 59.2 Å². The minimum absolute atomic E-state index is 0.580. The zero-order chi connectivity index (χ0) is 16.9. The molecule has 0 aromatic heterocycles. The van der Waals surface area contributed by atoms with E-state index in [0.717, 1.165) is 32.8 Å². The Balaban J connectivity index is 1.72. The summed E-state index contributed by atoms with van der Waals surface area (Å²) in [5, 5.41) is 3.63. The topological polar surface area (TPSA) is 24.5 Å². The number of morpholine rings is 1. The van der Waals surface area contributed by atoms with Crippen molar-refractivity contribution < 1.29 is 4.74 Å². The fourth-order valence-corrected chi connectivity index (χ4v) is 3.09. The van der Waals surface area contributed by atoms with Crippen LogP contribution in [0.5, 0.6) is 0 Å². The molecule has 0 saturated carbocycles. The van der Waals surface area contributed by atoms with Crippen LogP contribution in [0.4, 0.5) is 11.4 Å². The summed E-state index contributed by atoms with van der Waals surface area (Å²) in [4.78, 5) is 2.41. The lowest BCUT2D eigenvalue weighted by atomic mass is 10.0. The number of nitrogens with zero attached hydrogens (tertiary/aromatic N) is 1. The molecule has 0 amide bonds. The summed E-state index contributed by atoms with van der Waals surface area (Å²) in [6.45, 7) is 11.0. The largest absolute Gasteiger partial charge is 0.379 e. The molecule has 0 unspecified atom stereocenters. The van der Waals surface area contributed by atoms with Gasteiger partial charge in [0.25, 0.3) is 0 Å². The van der Waals surface area contributed by atoms with E-state index in [0.29, 0.717) is 5.92 Å². The van der Waals surface area contributed by atoms with E-state index in [1.807, 2.05) is 0 Å². The molecule has 0 atom stereocenters. The molecule has 1 fully saturated rings. The van der Waals surface area contributed by atoms with Gasteiger partial charge in [-0.2, -0.15) is 0 Å². The van der Waals surface area contributed by atoms with Crippen molar-refractivity contribution in [3.63, 3.8) is 0 Å². The number of benzene rings is 2. The van der Waals surface area contributed by atoms with Crippen LogP contribution >= 0.6 is 0 Å². The zero-order valence-corrected chi connectivity index (χ0v) is 15.0. The molecule has 0 spiro atoms. The van der Waals surface area contributed by atoms with E-state index in [4.69, 9.17) is 4.74 Å². The first-order valence-corrected chi connectivity index (χ1v) is 8.89. The quantitative estimate of drug-likeness (QED) is 0.872. The first kappa shape index (κ1) is 16.8. The third-order valence-electron chi connectivity index (χ3n) is 4.63.